The highest BCUT2D eigenvalue weighted by molar-refractivity contribution is 7.05. The molecule has 1 aromatic carbocycles. The predicted octanol–water partition coefficient (Wildman–Crippen LogP) is 2.05. The summed E-state index contributed by atoms with van der Waals surface area (Å²) >= 11 is 7.29. The monoisotopic (exact) mass is 254 g/mol. The Morgan fingerprint density at radius 2 is 2.31 bits per heavy atom. The average Bonchev–Trinajstić information content (AvgIpc) is 2.67. The van der Waals surface area contributed by atoms with E-state index in [-0.39, 0.29) is 6.04 Å². The van der Waals surface area contributed by atoms with Crippen LogP contribution in [0.3, 0.4) is 0 Å². The van der Waals surface area contributed by atoms with Gasteiger partial charge in [-0.15, -0.1) is 5.10 Å². The van der Waals surface area contributed by atoms with Gasteiger partial charge in [0.2, 0.25) is 0 Å². The van der Waals surface area contributed by atoms with Crippen LogP contribution in [-0.4, -0.2) is 9.59 Å². The lowest BCUT2D eigenvalue weighted by Crippen LogP contribution is -2.28. The van der Waals surface area contributed by atoms with Gasteiger partial charge < -0.3 is 0 Å². The largest absolute Gasteiger partial charge is 0.271 e. The quantitative estimate of drug-likeness (QED) is 0.650. The molecule has 0 spiro atoms. The Morgan fingerprint density at radius 3 is 2.88 bits per heavy atom. The zero-order valence-electron chi connectivity index (χ0n) is 8.64. The number of aromatic nitrogens is 2. The van der Waals surface area contributed by atoms with Gasteiger partial charge in [0.1, 0.15) is 0 Å². The van der Waals surface area contributed by atoms with Crippen molar-refractivity contribution in [2.45, 2.75) is 13.0 Å². The molecule has 1 atom stereocenters. The van der Waals surface area contributed by atoms with Gasteiger partial charge in [0.25, 0.3) is 0 Å². The maximum atomic E-state index is 5.95. The van der Waals surface area contributed by atoms with E-state index >= 15 is 0 Å². The number of nitrogens with two attached hydrogens (primary N) is 1. The molecule has 1 aromatic heterocycles. The van der Waals surface area contributed by atoms with E-state index in [1.165, 1.54) is 11.5 Å². The van der Waals surface area contributed by atoms with Crippen LogP contribution in [0.2, 0.25) is 5.02 Å². The molecule has 0 saturated heterocycles. The third-order valence-electron chi connectivity index (χ3n) is 2.30. The Hall–Kier alpha value is -1.01. The average molecular weight is 255 g/mol. The normalized spacial score (nSPS) is 12.7. The highest BCUT2D eigenvalue weighted by atomic mass is 35.5. The molecular weight excluding hydrogens is 244 g/mol. The van der Waals surface area contributed by atoms with Crippen LogP contribution >= 0.6 is 23.1 Å². The molecule has 4 nitrogen and oxygen atoms in total. The molecule has 16 heavy (non-hydrogen) atoms. The van der Waals surface area contributed by atoms with E-state index in [1.807, 2.05) is 31.2 Å². The van der Waals surface area contributed by atoms with Gasteiger partial charge in [0.15, 0.2) is 0 Å². The van der Waals surface area contributed by atoms with Crippen LogP contribution in [0.25, 0.3) is 0 Å². The maximum Gasteiger partial charge on any atom is 0.0838 e. The lowest BCUT2D eigenvalue weighted by Gasteiger charge is -2.14. The molecule has 1 unspecified atom stereocenters. The third kappa shape index (κ3) is 2.22. The number of halogens is 1. The Balaban J connectivity index is 2.40. The van der Waals surface area contributed by atoms with Crippen molar-refractivity contribution >= 4 is 23.1 Å². The van der Waals surface area contributed by atoms with E-state index in [9.17, 15) is 0 Å². The molecular formula is C10H11ClN4S. The van der Waals surface area contributed by atoms with Gasteiger partial charge in [-0.05, 0) is 36.2 Å². The maximum absolute atomic E-state index is 5.95. The molecule has 0 bridgehead atoms. The fraction of sp³-hybridized carbons (Fsp3) is 0.200. The minimum atomic E-state index is -0.112. The van der Waals surface area contributed by atoms with Gasteiger partial charge in [0.05, 0.1) is 16.6 Å². The van der Waals surface area contributed by atoms with Gasteiger partial charge >= 0.3 is 0 Å². The fourth-order valence-electron chi connectivity index (χ4n) is 1.51. The van der Waals surface area contributed by atoms with Gasteiger partial charge in [0, 0.05) is 5.02 Å². The van der Waals surface area contributed by atoms with E-state index < -0.39 is 0 Å². The molecule has 2 rings (SSSR count). The molecule has 0 aliphatic heterocycles. The molecule has 6 heteroatoms. The van der Waals surface area contributed by atoms with E-state index in [2.05, 4.69) is 15.0 Å². The van der Waals surface area contributed by atoms with Crippen molar-refractivity contribution in [3.8, 4) is 0 Å². The van der Waals surface area contributed by atoms with Crippen LogP contribution in [-0.2, 0) is 0 Å². The Labute approximate surface area is 103 Å². The number of nitrogens with zero attached hydrogens (tertiary/aromatic N) is 2. The SMILES string of the molecule is Cc1nnsc1C(NN)c1cccc(Cl)c1. The number of benzene rings is 1. The van der Waals surface area contributed by atoms with Crippen LogP contribution in [0.5, 0.6) is 0 Å². The molecule has 2 aromatic rings. The Morgan fingerprint density at radius 1 is 1.50 bits per heavy atom. The van der Waals surface area contributed by atoms with E-state index in [4.69, 9.17) is 17.4 Å². The van der Waals surface area contributed by atoms with Crippen LogP contribution in [0.1, 0.15) is 22.2 Å². The second-order valence-electron chi connectivity index (χ2n) is 3.38. The fourth-order valence-corrected chi connectivity index (χ4v) is 2.44. The molecule has 0 amide bonds. The van der Waals surface area contributed by atoms with Crippen molar-refractivity contribution in [3.63, 3.8) is 0 Å². The van der Waals surface area contributed by atoms with Crippen molar-refractivity contribution < 1.29 is 0 Å². The van der Waals surface area contributed by atoms with Crippen LogP contribution in [0.15, 0.2) is 24.3 Å². The second-order valence-corrected chi connectivity index (χ2v) is 4.60. The number of rotatable bonds is 3. The number of hydrogen-bond acceptors (Lipinski definition) is 5. The first-order chi connectivity index (χ1) is 7.72. The first kappa shape index (κ1) is 11.5. The lowest BCUT2D eigenvalue weighted by molar-refractivity contribution is 0.642. The number of aryl methyl sites for hydroxylation is 1. The third-order valence-corrected chi connectivity index (χ3v) is 3.42. The van der Waals surface area contributed by atoms with Gasteiger partial charge in [-0.1, -0.05) is 28.2 Å². The summed E-state index contributed by atoms with van der Waals surface area (Å²) < 4.78 is 3.90. The summed E-state index contributed by atoms with van der Waals surface area (Å²) in [5.41, 5.74) is 4.65. The predicted molar refractivity (Wildman–Crippen MR) is 65.3 cm³/mol. The zero-order valence-corrected chi connectivity index (χ0v) is 10.2. The van der Waals surface area contributed by atoms with Crippen molar-refractivity contribution in [1.82, 2.24) is 15.0 Å². The topological polar surface area (TPSA) is 63.8 Å². The van der Waals surface area contributed by atoms with Crippen molar-refractivity contribution in [3.05, 3.63) is 45.4 Å². The first-order valence-electron chi connectivity index (χ1n) is 4.73. The van der Waals surface area contributed by atoms with Crippen LogP contribution < -0.4 is 11.3 Å². The standard InChI is InChI=1S/C10H11ClN4S/c1-6-10(16-15-14-6)9(13-12)7-3-2-4-8(11)5-7/h2-5,9,13H,12H2,1H3. The molecule has 3 N–H and O–H groups in total. The van der Waals surface area contributed by atoms with Crippen LogP contribution in [0, 0.1) is 6.92 Å². The summed E-state index contributed by atoms with van der Waals surface area (Å²) in [7, 11) is 0. The summed E-state index contributed by atoms with van der Waals surface area (Å²) in [6.07, 6.45) is 0. The van der Waals surface area contributed by atoms with Gasteiger partial charge in [-0.2, -0.15) is 0 Å². The Kier molecular flexibility index (Phi) is 3.50. The van der Waals surface area contributed by atoms with Crippen molar-refractivity contribution in [1.29, 1.82) is 0 Å². The lowest BCUT2D eigenvalue weighted by atomic mass is 10.1. The van der Waals surface area contributed by atoms with Crippen molar-refractivity contribution in [2.75, 3.05) is 0 Å². The summed E-state index contributed by atoms with van der Waals surface area (Å²) in [5.74, 6) is 5.57. The minimum absolute atomic E-state index is 0.112. The number of hydrogen-bond donors (Lipinski definition) is 2. The zero-order chi connectivity index (χ0) is 11.5. The molecule has 1 heterocycles. The summed E-state index contributed by atoms with van der Waals surface area (Å²) in [6, 6.07) is 7.46. The van der Waals surface area contributed by atoms with Crippen LogP contribution in [0.4, 0.5) is 0 Å². The van der Waals surface area contributed by atoms with Gasteiger partial charge in [-0.3, -0.25) is 5.84 Å². The highest BCUT2D eigenvalue weighted by Gasteiger charge is 2.17. The van der Waals surface area contributed by atoms with E-state index in [0.29, 0.717) is 5.02 Å². The molecule has 0 aliphatic carbocycles. The molecule has 0 fully saturated rings. The highest BCUT2D eigenvalue weighted by Crippen LogP contribution is 2.27. The van der Waals surface area contributed by atoms with Gasteiger partial charge in [-0.25, -0.2) is 5.43 Å². The molecule has 0 aliphatic rings. The minimum Gasteiger partial charge on any atom is -0.271 e. The second kappa shape index (κ2) is 4.88. The number of nitrogens with one attached hydrogen (secondary N) is 1. The molecule has 0 radical (unpaired) electrons. The van der Waals surface area contributed by atoms with Crippen molar-refractivity contribution in [2.24, 2.45) is 5.84 Å². The summed E-state index contributed by atoms with van der Waals surface area (Å²) in [5, 5.41) is 4.66. The summed E-state index contributed by atoms with van der Waals surface area (Å²) in [6.45, 7) is 1.91. The Bertz CT molecular complexity index is 485. The molecule has 0 saturated carbocycles. The van der Waals surface area contributed by atoms with E-state index in [1.54, 1.807) is 0 Å². The first-order valence-corrected chi connectivity index (χ1v) is 5.88. The van der Waals surface area contributed by atoms with E-state index in [0.717, 1.165) is 16.1 Å². The number of hydrazine groups is 1. The summed E-state index contributed by atoms with van der Waals surface area (Å²) in [4.78, 5) is 1.00. The molecule has 84 valence electrons. The smallest absolute Gasteiger partial charge is 0.0838 e.